The van der Waals surface area contributed by atoms with Crippen LogP contribution in [-0.4, -0.2) is 17.9 Å². The lowest BCUT2D eigenvalue weighted by Crippen LogP contribution is -2.26. The molecule has 0 fully saturated rings. The van der Waals surface area contributed by atoms with Crippen molar-refractivity contribution in [3.05, 3.63) is 54.4 Å². The summed E-state index contributed by atoms with van der Waals surface area (Å²) in [4.78, 5) is 17.6. The Balaban J connectivity index is 2.30. The van der Waals surface area contributed by atoms with E-state index >= 15 is 0 Å². The summed E-state index contributed by atoms with van der Waals surface area (Å²) < 4.78 is 0. The lowest BCUT2D eigenvalue weighted by atomic mass is 10.2. The smallest absolute Gasteiger partial charge is 0.258 e. The topological polar surface area (TPSA) is 59.2 Å². The molecule has 1 amide bonds. The molecule has 2 aromatic rings. The first-order chi connectivity index (χ1) is 8.20. The van der Waals surface area contributed by atoms with Gasteiger partial charge in [-0.2, -0.15) is 0 Å². The van der Waals surface area contributed by atoms with Gasteiger partial charge in [-0.1, -0.05) is 18.2 Å². The first-order valence-corrected chi connectivity index (χ1v) is 5.22. The van der Waals surface area contributed by atoms with Crippen LogP contribution in [0.1, 0.15) is 10.4 Å². The minimum absolute atomic E-state index is 0.0940. The zero-order valence-corrected chi connectivity index (χ0v) is 9.50. The summed E-state index contributed by atoms with van der Waals surface area (Å²) in [7, 11) is 1.70. The molecular weight excluding hydrogens is 214 g/mol. The van der Waals surface area contributed by atoms with Crippen LogP contribution in [0.4, 0.5) is 11.4 Å². The Labute approximate surface area is 99.7 Å². The monoisotopic (exact) mass is 227 g/mol. The van der Waals surface area contributed by atoms with Gasteiger partial charge in [0.2, 0.25) is 0 Å². The fraction of sp³-hybridized carbons (Fsp3) is 0.0769. The van der Waals surface area contributed by atoms with Crippen molar-refractivity contribution in [3.63, 3.8) is 0 Å². The quantitative estimate of drug-likeness (QED) is 0.852. The molecule has 0 saturated carbocycles. The molecule has 0 aliphatic carbocycles. The first-order valence-electron chi connectivity index (χ1n) is 5.22. The van der Waals surface area contributed by atoms with Crippen molar-refractivity contribution in [2.75, 3.05) is 17.7 Å². The maximum atomic E-state index is 12.1. The van der Waals surface area contributed by atoms with Gasteiger partial charge in [0.15, 0.2) is 0 Å². The number of rotatable bonds is 2. The van der Waals surface area contributed by atoms with E-state index < -0.39 is 0 Å². The molecule has 1 heterocycles. The van der Waals surface area contributed by atoms with Gasteiger partial charge >= 0.3 is 0 Å². The summed E-state index contributed by atoms with van der Waals surface area (Å²) in [5.74, 6) is -0.0940. The number of amides is 1. The van der Waals surface area contributed by atoms with E-state index in [0.717, 1.165) is 0 Å². The molecule has 0 spiro atoms. The number of hydrogen-bond acceptors (Lipinski definition) is 3. The van der Waals surface area contributed by atoms with Crippen LogP contribution >= 0.6 is 0 Å². The van der Waals surface area contributed by atoms with Gasteiger partial charge in [0.1, 0.15) is 0 Å². The van der Waals surface area contributed by atoms with E-state index in [1.54, 1.807) is 31.4 Å². The van der Waals surface area contributed by atoms with Crippen LogP contribution in [0.25, 0.3) is 0 Å². The zero-order chi connectivity index (χ0) is 12.3. The number of aromatic nitrogens is 1. The summed E-state index contributed by atoms with van der Waals surface area (Å²) in [5, 5.41) is 0. The van der Waals surface area contributed by atoms with Crippen molar-refractivity contribution in [2.24, 2.45) is 0 Å². The fourth-order valence-electron chi connectivity index (χ4n) is 1.59. The molecule has 0 atom stereocenters. The molecule has 17 heavy (non-hydrogen) atoms. The van der Waals surface area contributed by atoms with E-state index in [2.05, 4.69) is 4.98 Å². The molecule has 86 valence electrons. The highest BCUT2D eigenvalue weighted by molar-refractivity contribution is 6.07. The minimum atomic E-state index is -0.0940. The van der Waals surface area contributed by atoms with Crippen LogP contribution in [0.5, 0.6) is 0 Å². The Morgan fingerprint density at radius 2 is 1.94 bits per heavy atom. The second-order valence-electron chi connectivity index (χ2n) is 3.66. The second-order valence-corrected chi connectivity index (χ2v) is 3.66. The van der Waals surface area contributed by atoms with Crippen molar-refractivity contribution < 1.29 is 4.79 Å². The molecule has 4 nitrogen and oxygen atoms in total. The van der Waals surface area contributed by atoms with Crippen LogP contribution in [-0.2, 0) is 0 Å². The minimum Gasteiger partial charge on any atom is -0.396 e. The predicted molar refractivity (Wildman–Crippen MR) is 67.8 cm³/mol. The van der Waals surface area contributed by atoms with Crippen molar-refractivity contribution in [1.82, 2.24) is 4.98 Å². The second kappa shape index (κ2) is 4.65. The van der Waals surface area contributed by atoms with Gasteiger partial charge in [-0.25, -0.2) is 0 Å². The van der Waals surface area contributed by atoms with Gasteiger partial charge in [0.25, 0.3) is 5.91 Å². The van der Waals surface area contributed by atoms with E-state index in [1.165, 1.54) is 11.1 Å². The summed E-state index contributed by atoms with van der Waals surface area (Å²) in [5.41, 5.74) is 7.56. The van der Waals surface area contributed by atoms with Crippen LogP contribution < -0.4 is 10.6 Å². The van der Waals surface area contributed by atoms with Crippen molar-refractivity contribution in [3.8, 4) is 0 Å². The number of hydrogen-bond donors (Lipinski definition) is 1. The molecule has 0 aliphatic rings. The number of nitrogens with zero attached hydrogens (tertiary/aromatic N) is 2. The number of nitrogens with two attached hydrogens (primary N) is 1. The van der Waals surface area contributed by atoms with Gasteiger partial charge in [0, 0.05) is 18.8 Å². The van der Waals surface area contributed by atoms with Crippen LogP contribution in [0.3, 0.4) is 0 Å². The Bertz CT molecular complexity index is 525. The maximum Gasteiger partial charge on any atom is 0.258 e. The number of nitrogen functional groups attached to an aromatic ring is 1. The molecule has 2 N–H and O–H groups in total. The van der Waals surface area contributed by atoms with Crippen LogP contribution in [0, 0.1) is 0 Å². The molecule has 0 bridgehead atoms. The number of carbonyl (C=O) groups excluding carboxylic acids is 1. The van der Waals surface area contributed by atoms with Gasteiger partial charge < -0.3 is 10.6 Å². The van der Waals surface area contributed by atoms with Gasteiger partial charge in [-0.05, 0) is 18.2 Å². The first kappa shape index (κ1) is 11.1. The van der Waals surface area contributed by atoms with Crippen molar-refractivity contribution in [2.45, 2.75) is 0 Å². The third-order valence-corrected chi connectivity index (χ3v) is 2.51. The average molecular weight is 227 g/mol. The summed E-state index contributed by atoms with van der Waals surface area (Å²) in [6.07, 6.45) is 3.14. The van der Waals surface area contributed by atoms with E-state index in [0.29, 0.717) is 16.9 Å². The van der Waals surface area contributed by atoms with Gasteiger partial charge in [-0.3, -0.25) is 9.78 Å². The Hall–Kier alpha value is -2.36. The van der Waals surface area contributed by atoms with E-state index in [1.807, 2.05) is 18.2 Å². The predicted octanol–water partition coefficient (Wildman–Crippen LogP) is 1.94. The molecule has 0 saturated heterocycles. The Morgan fingerprint density at radius 1 is 1.24 bits per heavy atom. The average Bonchev–Trinajstić information content (AvgIpc) is 2.39. The molecule has 0 radical (unpaired) electrons. The fourth-order valence-corrected chi connectivity index (χ4v) is 1.59. The Kier molecular flexibility index (Phi) is 3.05. The molecule has 2 rings (SSSR count). The normalized spacial score (nSPS) is 9.94. The van der Waals surface area contributed by atoms with Crippen LogP contribution in [0.15, 0.2) is 48.8 Å². The molecule has 4 heteroatoms. The molecule has 0 aliphatic heterocycles. The molecular formula is C13H13N3O. The lowest BCUT2D eigenvalue weighted by Gasteiger charge is -2.18. The highest BCUT2D eigenvalue weighted by atomic mass is 16.2. The standard InChI is InChI=1S/C13H13N3O/c1-16(12-7-8-15-9-11(12)14)13(17)10-5-3-2-4-6-10/h2-9H,14H2,1H3. The van der Waals surface area contributed by atoms with Gasteiger partial charge in [0.05, 0.1) is 17.6 Å². The molecule has 0 unspecified atom stereocenters. The highest BCUT2D eigenvalue weighted by Gasteiger charge is 2.14. The van der Waals surface area contributed by atoms with Gasteiger partial charge in [-0.15, -0.1) is 0 Å². The van der Waals surface area contributed by atoms with Crippen molar-refractivity contribution >= 4 is 17.3 Å². The number of benzene rings is 1. The Morgan fingerprint density at radius 3 is 2.59 bits per heavy atom. The third-order valence-electron chi connectivity index (χ3n) is 2.51. The van der Waals surface area contributed by atoms with Crippen LogP contribution in [0.2, 0.25) is 0 Å². The highest BCUT2D eigenvalue weighted by Crippen LogP contribution is 2.21. The number of carbonyl (C=O) groups is 1. The summed E-state index contributed by atoms with van der Waals surface area (Å²) >= 11 is 0. The number of anilines is 2. The van der Waals surface area contributed by atoms with E-state index in [9.17, 15) is 4.79 Å². The molecule has 1 aromatic carbocycles. The largest absolute Gasteiger partial charge is 0.396 e. The summed E-state index contributed by atoms with van der Waals surface area (Å²) in [6.45, 7) is 0. The maximum absolute atomic E-state index is 12.1. The lowest BCUT2D eigenvalue weighted by molar-refractivity contribution is 0.0993. The van der Waals surface area contributed by atoms with E-state index in [-0.39, 0.29) is 5.91 Å². The molecule has 1 aromatic heterocycles. The SMILES string of the molecule is CN(C(=O)c1ccccc1)c1ccncc1N. The van der Waals surface area contributed by atoms with Crippen molar-refractivity contribution in [1.29, 1.82) is 0 Å². The zero-order valence-electron chi connectivity index (χ0n) is 9.50. The van der Waals surface area contributed by atoms with E-state index in [4.69, 9.17) is 5.73 Å². The number of pyridine rings is 1. The third kappa shape index (κ3) is 2.25. The summed E-state index contributed by atoms with van der Waals surface area (Å²) in [6, 6.07) is 10.8.